The minimum Gasteiger partial charge on any atom is -0.508 e. The van der Waals surface area contributed by atoms with E-state index < -0.39 is 0 Å². The molecule has 5 heteroatoms. The summed E-state index contributed by atoms with van der Waals surface area (Å²) in [4.78, 5) is 9.61. The van der Waals surface area contributed by atoms with Crippen LogP contribution in [0.5, 0.6) is 5.75 Å². The number of rotatable bonds is 5. The van der Waals surface area contributed by atoms with E-state index in [1.807, 2.05) is 66.7 Å². The molecule has 0 unspecified atom stereocenters. The van der Waals surface area contributed by atoms with E-state index in [-0.39, 0.29) is 5.75 Å². The van der Waals surface area contributed by atoms with E-state index in [0.717, 1.165) is 28.1 Å². The van der Waals surface area contributed by atoms with Crippen molar-refractivity contribution in [1.29, 1.82) is 0 Å². The molecule has 29 heavy (non-hydrogen) atoms. The van der Waals surface area contributed by atoms with Gasteiger partial charge in [-0.25, -0.2) is 9.97 Å². The molecule has 4 aromatic rings. The standard InChI is InChI=1S/C24H20N4O/c1-25-28-23(19-12-14-20(29)15-13-19)24-26-21(17-8-4-2-5-9-17)16-22(27-24)18-10-6-3-7-11-18/h2-16,25,29H,1H3/b28-23+. The molecule has 0 spiro atoms. The number of phenols is 1. The lowest BCUT2D eigenvalue weighted by Crippen LogP contribution is -2.14. The van der Waals surface area contributed by atoms with Crippen LogP contribution < -0.4 is 5.43 Å². The van der Waals surface area contributed by atoms with Crippen molar-refractivity contribution >= 4 is 5.71 Å². The quantitative estimate of drug-likeness (QED) is 0.395. The van der Waals surface area contributed by atoms with Crippen LogP contribution in [-0.4, -0.2) is 27.8 Å². The van der Waals surface area contributed by atoms with Crippen LogP contribution in [0.15, 0.2) is 96.1 Å². The van der Waals surface area contributed by atoms with Gasteiger partial charge in [0.25, 0.3) is 0 Å². The number of aromatic nitrogens is 2. The molecule has 4 rings (SSSR count). The van der Waals surface area contributed by atoms with Crippen LogP contribution in [0.1, 0.15) is 11.4 Å². The van der Waals surface area contributed by atoms with Gasteiger partial charge in [0, 0.05) is 23.7 Å². The molecule has 0 fully saturated rings. The molecule has 0 bridgehead atoms. The number of hydrogen-bond donors (Lipinski definition) is 2. The van der Waals surface area contributed by atoms with Crippen molar-refractivity contribution in [1.82, 2.24) is 15.4 Å². The molecule has 3 aromatic carbocycles. The van der Waals surface area contributed by atoms with E-state index >= 15 is 0 Å². The summed E-state index contributed by atoms with van der Waals surface area (Å²) in [5, 5.41) is 14.1. The third kappa shape index (κ3) is 4.14. The van der Waals surface area contributed by atoms with Gasteiger partial charge in [-0.15, -0.1) is 0 Å². The number of nitrogens with zero attached hydrogens (tertiary/aromatic N) is 3. The maximum atomic E-state index is 9.64. The first-order chi connectivity index (χ1) is 14.2. The molecule has 0 aliphatic carbocycles. The average molecular weight is 380 g/mol. The molecule has 142 valence electrons. The second kappa shape index (κ2) is 8.35. The zero-order valence-electron chi connectivity index (χ0n) is 15.9. The van der Waals surface area contributed by atoms with Gasteiger partial charge < -0.3 is 10.5 Å². The summed E-state index contributed by atoms with van der Waals surface area (Å²) < 4.78 is 0. The molecule has 5 nitrogen and oxygen atoms in total. The predicted octanol–water partition coefficient (Wildman–Crippen LogP) is 4.49. The average Bonchev–Trinajstić information content (AvgIpc) is 2.79. The highest BCUT2D eigenvalue weighted by Crippen LogP contribution is 2.25. The van der Waals surface area contributed by atoms with Crippen molar-refractivity contribution in [2.75, 3.05) is 7.05 Å². The van der Waals surface area contributed by atoms with Crippen molar-refractivity contribution in [3.63, 3.8) is 0 Å². The van der Waals surface area contributed by atoms with Gasteiger partial charge >= 0.3 is 0 Å². The monoisotopic (exact) mass is 380 g/mol. The highest BCUT2D eigenvalue weighted by Gasteiger charge is 2.15. The summed E-state index contributed by atoms with van der Waals surface area (Å²) in [5.74, 6) is 0.701. The number of benzene rings is 3. The van der Waals surface area contributed by atoms with Gasteiger partial charge in [0.15, 0.2) is 5.82 Å². The summed E-state index contributed by atoms with van der Waals surface area (Å²) in [5.41, 5.74) is 7.89. The molecule has 0 radical (unpaired) electrons. The first-order valence-corrected chi connectivity index (χ1v) is 9.29. The van der Waals surface area contributed by atoms with E-state index in [1.165, 1.54) is 0 Å². The summed E-state index contributed by atoms with van der Waals surface area (Å²) in [6, 6.07) is 28.8. The Labute approximate surface area is 169 Å². The SMILES string of the molecule is CN/N=C(\c1ccc(O)cc1)c1nc(-c2ccccc2)cc(-c2ccccc2)n1. The van der Waals surface area contributed by atoms with Gasteiger partial charge in [0.2, 0.25) is 0 Å². The molecule has 0 aliphatic rings. The third-order valence-corrected chi connectivity index (χ3v) is 4.44. The summed E-state index contributed by atoms with van der Waals surface area (Å²) >= 11 is 0. The lowest BCUT2D eigenvalue weighted by Gasteiger charge is -2.11. The van der Waals surface area contributed by atoms with Crippen molar-refractivity contribution in [3.05, 3.63) is 102 Å². The van der Waals surface area contributed by atoms with Crippen LogP contribution in [0, 0.1) is 0 Å². The molecule has 0 saturated carbocycles. The molecule has 2 N–H and O–H groups in total. The van der Waals surface area contributed by atoms with Crippen LogP contribution in [-0.2, 0) is 0 Å². The van der Waals surface area contributed by atoms with Gasteiger partial charge in [-0.05, 0) is 30.3 Å². The third-order valence-electron chi connectivity index (χ3n) is 4.44. The summed E-state index contributed by atoms with van der Waals surface area (Å²) in [6.45, 7) is 0. The van der Waals surface area contributed by atoms with E-state index in [0.29, 0.717) is 11.5 Å². The maximum absolute atomic E-state index is 9.64. The highest BCUT2D eigenvalue weighted by atomic mass is 16.3. The topological polar surface area (TPSA) is 70.4 Å². The van der Waals surface area contributed by atoms with Gasteiger partial charge in [-0.2, -0.15) is 5.10 Å². The lowest BCUT2D eigenvalue weighted by atomic mass is 10.1. The van der Waals surface area contributed by atoms with Gasteiger partial charge in [0.05, 0.1) is 11.4 Å². The Kier molecular flexibility index (Phi) is 5.29. The number of phenolic OH excluding ortho intramolecular Hbond substituents is 1. The normalized spacial score (nSPS) is 11.3. The molecule has 1 heterocycles. The zero-order chi connectivity index (χ0) is 20.1. The number of nitrogens with one attached hydrogen (secondary N) is 1. The fraction of sp³-hybridized carbons (Fsp3) is 0.0417. The van der Waals surface area contributed by atoms with Crippen molar-refractivity contribution in [2.24, 2.45) is 5.10 Å². The van der Waals surface area contributed by atoms with E-state index in [2.05, 4.69) is 10.5 Å². The molecular weight excluding hydrogens is 360 g/mol. The molecule has 0 saturated heterocycles. The largest absolute Gasteiger partial charge is 0.508 e. The van der Waals surface area contributed by atoms with Crippen LogP contribution in [0.3, 0.4) is 0 Å². The smallest absolute Gasteiger partial charge is 0.181 e. The summed E-state index contributed by atoms with van der Waals surface area (Å²) in [6.07, 6.45) is 0. The first kappa shape index (κ1) is 18.4. The van der Waals surface area contributed by atoms with Crippen LogP contribution in [0.4, 0.5) is 0 Å². The number of hydrogen-bond acceptors (Lipinski definition) is 5. The number of hydrazone groups is 1. The predicted molar refractivity (Wildman–Crippen MR) is 116 cm³/mol. The Hall–Kier alpha value is -3.99. The summed E-state index contributed by atoms with van der Waals surface area (Å²) in [7, 11) is 1.74. The van der Waals surface area contributed by atoms with Gasteiger partial charge in [0.1, 0.15) is 11.5 Å². The Morgan fingerprint density at radius 2 is 1.28 bits per heavy atom. The molecule has 0 aliphatic heterocycles. The Morgan fingerprint density at radius 1 is 0.759 bits per heavy atom. The maximum Gasteiger partial charge on any atom is 0.181 e. The van der Waals surface area contributed by atoms with Crippen LogP contribution in [0.2, 0.25) is 0 Å². The van der Waals surface area contributed by atoms with Crippen LogP contribution in [0.25, 0.3) is 22.5 Å². The minimum atomic E-state index is 0.196. The Morgan fingerprint density at radius 3 is 1.76 bits per heavy atom. The second-order valence-electron chi connectivity index (χ2n) is 6.42. The highest BCUT2D eigenvalue weighted by molar-refractivity contribution is 6.11. The van der Waals surface area contributed by atoms with Crippen LogP contribution >= 0.6 is 0 Å². The molecule has 1 aromatic heterocycles. The van der Waals surface area contributed by atoms with Gasteiger partial charge in [-0.1, -0.05) is 60.7 Å². The van der Waals surface area contributed by atoms with E-state index in [4.69, 9.17) is 9.97 Å². The minimum absolute atomic E-state index is 0.196. The van der Waals surface area contributed by atoms with Crippen molar-refractivity contribution in [2.45, 2.75) is 0 Å². The first-order valence-electron chi connectivity index (χ1n) is 9.29. The molecular formula is C24H20N4O. The number of aromatic hydroxyl groups is 1. The van der Waals surface area contributed by atoms with Gasteiger partial charge in [-0.3, -0.25) is 0 Å². The molecule has 0 amide bonds. The second-order valence-corrected chi connectivity index (χ2v) is 6.42. The fourth-order valence-corrected chi connectivity index (χ4v) is 3.04. The lowest BCUT2D eigenvalue weighted by molar-refractivity contribution is 0.475. The van der Waals surface area contributed by atoms with E-state index in [9.17, 15) is 5.11 Å². The zero-order valence-corrected chi connectivity index (χ0v) is 15.9. The van der Waals surface area contributed by atoms with Crippen molar-refractivity contribution in [3.8, 4) is 28.3 Å². The Balaban J connectivity index is 1.91. The van der Waals surface area contributed by atoms with Crippen molar-refractivity contribution < 1.29 is 5.11 Å². The van der Waals surface area contributed by atoms with E-state index in [1.54, 1.807) is 31.3 Å². The molecule has 0 atom stereocenters. The Bertz CT molecular complexity index is 1070. The fourth-order valence-electron chi connectivity index (χ4n) is 3.04.